The van der Waals surface area contributed by atoms with E-state index in [9.17, 15) is 14.7 Å². The van der Waals surface area contributed by atoms with Crippen molar-refractivity contribution in [3.63, 3.8) is 0 Å². The van der Waals surface area contributed by atoms with Crippen molar-refractivity contribution in [3.8, 4) is 17.2 Å². The Morgan fingerprint density at radius 3 is 2.53 bits per heavy atom. The van der Waals surface area contributed by atoms with Crippen LogP contribution in [0.5, 0.6) is 17.2 Å². The predicted molar refractivity (Wildman–Crippen MR) is 123 cm³/mol. The van der Waals surface area contributed by atoms with Crippen molar-refractivity contribution in [1.29, 1.82) is 0 Å². The Balaban J connectivity index is 0.00000324. The van der Waals surface area contributed by atoms with E-state index in [-0.39, 0.29) is 53.0 Å². The number of ether oxygens (including phenoxy) is 2. The van der Waals surface area contributed by atoms with E-state index in [1.807, 2.05) is 30.3 Å². The number of benzene rings is 3. The molecule has 8 heteroatoms. The minimum absolute atomic E-state index is 0. The Bertz CT molecular complexity index is 1150. The zero-order chi connectivity index (χ0) is 23.4. The molecule has 1 aliphatic rings. The normalized spacial score (nSPS) is 15.2. The number of carbonyl (C=O) groups excluding carboxylic acids is 2. The molecule has 0 saturated carbocycles. The topological polar surface area (TPSA) is 87.7 Å². The Kier molecular flexibility index (Phi) is 9.03. The standard InChI is InChI=1S/C26H24ClNO5.Na/c1-16(17-5-3-2-4-6-17)15-28-25(29)18-7-9-19(10-8-18)33-24-14-23-21(13-22(24)27)20(26(30)31)11-12-32-23;/h2-10,13-14,16,20H,11-12,15H2,1H3,(H,28,29)(H,30,31);/q;+1/p-1/t16-,20?;/m1./s1. The van der Waals surface area contributed by atoms with Crippen LogP contribution < -0.4 is 49.5 Å². The molecule has 1 N–H and O–H groups in total. The van der Waals surface area contributed by atoms with Gasteiger partial charge in [0.25, 0.3) is 5.91 Å². The van der Waals surface area contributed by atoms with Crippen molar-refractivity contribution in [2.24, 2.45) is 0 Å². The third-order valence-electron chi connectivity index (χ3n) is 5.67. The van der Waals surface area contributed by atoms with Gasteiger partial charge in [-0.25, -0.2) is 0 Å². The van der Waals surface area contributed by atoms with Crippen molar-refractivity contribution in [2.45, 2.75) is 25.2 Å². The van der Waals surface area contributed by atoms with E-state index >= 15 is 0 Å². The van der Waals surface area contributed by atoms with Crippen molar-refractivity contribution in [2.75, 3.05) is 13.2 Å². The molecule has 34 heavy (non-hydrogen) atoms. The maximum atomic E-state index is 12.5. The summed E-state index contributed by atoms with van der Waals surface area (Å²) in [5.74, 6) is -0.653. The summed E-state index contributed by atoms with van der Waals surface area (Å²) in [6, 6.07) is 19.8. The van der Waals surface area contributed by atoms with E-state index in [2.05, 4.69) is 12.2 Å². The maximum absolute atomic E-state index is 12.5. The first-order valence-electron chi connectivity index (χ1n) is 10.7. The fourth-order valence-electron chi connectivity index (χ4n) is 3.76. The van der Waals surface area contributed by atoms with Crippen LogP contribution in [0.25, 0.3) is 0 Å². The van der Waals surface area contributed by atoms with Crippen LogP contribution in [0.3, 0.4) is 0 Å². The molecule has 1 aliphatic heterocycles. The van der Waals surface area contributed by atoms with Gasteiger partial charge >= 0.3 is 29.6 Å². The van der Waals surface area contributed by atoms with Gasteiger partial charge in [0.1, 0.15) is 17.2 Å². The molecule has 2 atom stereocenters. The van der Waals surface area contributed by atoms with E-state index in [1.165, 1.54) is 5.56 Å². The molecule has 0 aliphatic carbocycles. The summed E-state index contributed by atoms with van der Waals surface area (Å²) in [6.07, 6.45) is 0.333. The summed E-state index contributed by atoms with van der Waals surface area (Å²) in [6.45, 7) is 2.87. The Morgan fingerprint density at radius 1 is 1.15 bits per heavy atom. The molecular weight excluding hydrogens is 465 g/mol. The van der Waals surface area contributed by atoms with E-state index in [0.29, 0.717) is 41.3 Å². The number of amides is 1. The molecule has 0 spiro atoms. The first-order chi connectivity index (χ1) is 15.9. The second-order valence-electron chi connectivity index (χ2n) is 7.98. The van der Waals surface area contributed by atoms with Crippen LogP contribution in [0.1, 0.15) is 46.7 Å². The minimum Gasteiger partial charge on any atom is -0.549 e. The fourth-order valence-corrected chi connectivity index (χ4v) is 3.97. The molecule has 0 bridgehead atoms. The van der Waals surface area contributed by atoms with Gasteiger partial charge in [0.2, 0.25) is 0 Å². The molecule has 1 heterocycles. The van der Waals surface area contributed by atoms with E-state index < -0.39 is 11.9 Å². The van der Waals surface area contributed by atoms with Crippen molar-refractivity contribution >= 4 is 23.5 Å². The van der Waals surface area contributed by atoms with Gasteiger partial charge in [0.05, 0.1) is 11.6 Å². The molecule has 1 amide bonds. The number of fused-ring (bicyclic) bond motifs is 1. The number of nitrogens with one attached hydrogen (secondary N) is 1. The number of carboxylic acid groups (broad SMARTS) is 1. The SMILES string of the molecule is C[C@H](CNC(=O)c1ccc(Oc2cc3c(cc2Cl)C(C(=O)[O-])CCO3)cc1)c1ccccc1.[Na+]. The third-order valence-corrected chi connectivity index (χ3v) is 5.97. The molecule has 0 fully saturated rings. The Labute approximate surface area is 225 Å². The molecule has 6 nitrogen and oxygen atoms in total. The maximum Gasteiger partial charge on any atom is 1.00 e. The number of hydrogen-bond acceptors (Lipinski definition) is 5. The summed E-state index contributed by atoms with van der Waals surface area (Å²) >= 11 is 6.33. The monoisotopic (exact) mass is 487 g/mol. The van der Waals surface area contributed by atoms with Gasteiger partial charge in [-0.3, -0.25) is 4.79 Å². The van der Waals surface area contributed by atoms with Gasteiger partial charge in [0.15, 0.2) is 0 Å². The molecular formula is C26H23ClNNaO5. The average Bonchev–Trinajstić information content (AvgIpc) is 2.83. The van der Waals surface area contributed by atoms with Crippen LogP contribution in [-0.4, -0.2) is 25.0 Å². The number of carboxylic acids is 1. The quantitative estimate of drug-likeness (QED) is 0.507. The number of carbonyl (C=O) groups is 2. The summed E-state index contributed by atoms with van der Waals surface area (Å²) in [4.78, 5) is 23.9. The van der Waals surface area contributed by atoms with Crippen LogP contribution >= 0.6 is 11.6 Å². The molecule has 0 aromatic heterocycles. The zero-order valence-electron chi connectivity index (χ0n) is 19.0. The summed E-state index contributed by atoms with van der Waals surface area (Å²) in [7, 11) is 0. The van der Waals surface area contributed by atoms with E-state index in [0.717, 1.165) is 0 Å². The predicted octanol–water partition coefficient (Wildman–Crippen LogP) is 1.29. The number of rotatable bonds is 7. The number of hydrogen-bond donors (Lipinski definition) is 1. The van der Waals surface area contributed by atoms with Crippen LogP contribution in [0.4, 0.5) is 0 Å². The van der Waals surface area contributed by atoms with Crippen LogP contribution in [0.15, 0.2) is 66.7 Å². The molecule has 4 rings (SSSR count). The van der Waals surface area contributed by atoms with Gasteiger partial charge in [-0.05, 0) is 48.2 Å². The third kappa shape index (κ3) is 6.13. The van der Waals surface area contributed by atoms with Crippen LogP contribution in [0, 0.1) is 0 Å². The summed E-state index contributed by atoms with van der Waals surface area (Å²) in [5, 5.41) is 14.6. The van der Waals surface area contributed by atoms with Gasteiger partial charge in [0, 0.05) is 35.6 Å². The summed E-state index contributed by atoms with van der Waals surface area (Å²) in [5.41, 5.74) is 2.16. The fraction of sp³-hybridized carbons (Fsp3) is 0.231. The zero-order valence-corrected chi connectivity index (χ0v) is 21.8. The van der Waals surface area contributed by atoms with Gasteiger partial charge in [-0.1, -0.05) is 48.9 Å². The van der Waals surface area contributed by atoms with Crippen molar-refractivity contribution in [3.05, 3.63) is 88.4 Å². The Hall–Kier alpha value is -2.51. The molecule has 170 valence electrons. The second-order valence-corrected chi connectivity index (χ2v) is 8.38. The van der Waals surface area contributed by atoms with E-state index in [4.69, 9.17) is 21.1 Å². The van der Waals surface area contributed by atoms with Crippen LogP contribution in [0.2, 0.25) is 5.02 Å². The van der Waals surface area contributed by atoms with Gasteiger partial charge in [-0.15, -0.1) is 0 Å². The summed E-state index contributed by atoms with van der Waals surface area (Å²) < 4.78 is 11.4. The molecule has 0 saturated heterocycles. The van der Waals surface area contributed by atoms with E-state index in [1.54, 1.807) is 36.4 Å². The van der Waals surface area contributed by atoms with Crippen molar-refractivity contribution < 1.29 is 53.7 Å². The van der Waals surface area contributed by atoms with Gasteiger partial charge < -0.3 is 24.7 Å². The second kappa shape index (κ2) is 11.8. The minimum atomic E-state index is -1.16. The molecule has 3 aromatic carbocycles. The van der Waals surface area contributed by atoms with Gasteiger partial charge in [-0.2, -0.15) is 0 Å². The molecule has 3 aromatic rings. The average molecular weight is 488 g/mol. The smallest absolute Gasteiger partial charge is 0.549 e. The number of halogens is 1. The molecule has 1 unspecified atom stereocenters. The first kappa shape index (κ1) is 26.1. The number of aliphatic carboxylic acids is 1. The largest absolute Gasteiger partial charge is 1.00 e. The van der Waals surface area contributed by atoms with Crippen molar-refractivity contribution in [1.82, 2.24) is 5.32 Å². The van der Waals surface area contributed by atoms with Crippen LogP contribution in [-0.2, 0) is 4.79 Å². The molecule has 0 radical (unpaired) electrons. The first-order valence-corrected chi connectivity index (χ1v) is 11.1. The Morgan fingerprint density at radius 2 is 1.85 bits per heavy atom.